The summed E-state index contributed by atoms with van der Waals surface area (Å²) < 4.78 is 5.36. The van der Waals surface area contributed by atoms with Gasteiger partial charge in [-0.05, 0) is 57.2 Å². The summed E-state index contributed by atoms with van der Waals surface area (Å²) in [5, 5.41) is 0. The molecule has 0 bridgehead atoms. The number of rotatable bonds is 4. The van der Waals surface area contributed by atoms with Crippen molar-refractivity contribution in [2.24, 2.45) is 0 Å². The maximum atomic E-state index is 12.4. The highest BCUT2D eigenvalue weighted by Gasteiger charge is 2.12. The van der Waals surface area contributed by atoms with Gasteiger partial charge in [0.25, 0.3) is 0 Å². The summed E-state index contributed by atoms with van der Waals surface area (Å²) in [4.78, 5) is 16.7. The Morgan fingerprint density at radius 1 is 1.11 bits per heavy atom. The first-order valence-corrected chi connectivity index (χ1v) is 6.33. The van der Waals surface area contributed by atoms with E-state index < -0.39 is 0 Å². The molecule has 0 aliphatic carbocycles. The van der Waals surface area contributed by atoms with E-state index in [1.165, 1.54) is 0 Å². The van der Waals surface area contributed by atoms with Crippen molar-refractivity contribution in [2.45, 2.75) is 20.8 Å². The van der Waals surface area contributed by atoms with Gasteiger partial charge in [-0.25, -0.2) is 0 Å². The van der Waals surface area contributed by atoms with Gasteiger partial charge in [-0.15, -0.1) is 0 Å². The first kappa shape index (κ1) is 13.3. The molecule has 0 atom stereocenters. The largest absolute Gasteiger partial charge is 0.494 e. The topological polar surface area (TPSA) is 39.2 Å². The molecule has 0 radical (unpaired) electrons. The molecule has 2 aromatic rings. The Balaban J connectivity index is 2.28. The molecule has 0 amide bonds. The molecule has 1 aromatic heterocycles. The van der Waals surface area contributed by atoms with E-state index in [2.05, 4.69) is 4.98 Å². The predicted octanol–water partition coefficient (Wildman–Crippen LogP) is 3.33. The fraction of sp³-hybridized carbons (Fsp3) is 0.250. The Morgan fingerprint density at radius 3 is 2.37 bits per heavy atom. The molecule has 98 valence electrons. The van der Waals surface area contributed by atoms with Gasteiger partial charge >= 0.3 is 0 Å². The molecule has 0 N–H and O–H groups in total. The second-order valence-corrected chi connectivity index (χ2v) is 4.37. The van der Waals surface area contributed by atoms with Gasteiger partial charge in [0.1, 0.15) is 5.75 Å². The van der Waals surface area contributed by atoms with E-state index in [1.807, 2.05) is 45.0 Å². The number of carbonyl (C=O) groups excluding carboxylic acids is 1. The third-order valence-electron chi connectivity index (χ3n) is 2.90. The van der Waals surface area contributed by atoms with Crippen LogP contribution < -0.4 is 4.74 Å². The lowest BCUT2D eigenvalue weighted by molar-refractivity contribution is 0.103. The molecule has 19 heavy (non-hydrogen) atoms. The van der Waals surface area contributed by atoms with Gasteiger partial charge in [0.05, 0.1) is 6.61 Å². The van der Waals surface area contributed by atoms with Crippen LogP contribution in [0.4, 0.5) is 0 Å². The zero-order chi connectivity index (χ0) is 13.8. The second kappa shape index (κ2) is 5.65. The summed E-state index contributed by atoms with van der Waals surface area (Å²) in [6.07, 6.45) is 0. The lowest BCUT2D eigenvalue weighted by Gasteiger charge is -2.07. The number of carbonyl (C=O) groups is 1. The Morgan fingerprint density at radius 2 is 1.79 bits per heavy atom. The Bertz CT molecular complexity index is 588. The first-order chi connectivity index (χ1) is 9.11. The van der Waals surface area contributed by atoms with Crippen LogP contribution in [0.25, 0.3) is 0 Å². The lowest BCUT2D eigenvalue weighted by Crippen LogP contribution is -2.05. The van der Waals surface area contributed by atoms with Crippen molar-refractivity contribution in [1.29, 1.82) is 0 Å². The first-order valence-electron chi connectivity index (χ1n) is 6.33. The highest BCUT2D eigenvalue weighted by atomic mass is 16.5. The summed E-state index contributed by atoms with van der Waals surface area (Å²) in [5.74, 6) is 0.769. The van der Waals surface area contributed by atoms with Gasteiger partial charge in [-0.3, -0.25) is 9.78 Å². The molecular formula is C16H17NO2. The Labute approximate surface area is 113 Å². The van der Waals surface area contributed by atoms with Crippen LogP contribution in [0.2, 0.25) is 0 Å². The van der Waals surface area contributed by atoms with E-state index in [0.717, 1.165) is 17.1 Å². The van der Waals surface area contributed by atoms with Crippen molar-refractivity contribution in [1.82, 2.24) is 4.98 Å². The number of hydrogen-bond donors (Lipinski definition) is 0. The lowest BCUT2D eigenvalue weighted by atomic mass is 10.0. The summed E-state index contributed by atoms with van der Waals surface area (Å²) in [6.45, 7) is 6.32. The fourth-order valence-corrected chi connectivity index (χ4v) is 1.95. The third-order valence-corrected chi connectivity index (χ3v) is 2.90. The molecule has 3 nitrogen and oxygen atoms in total. The molecule has 3 heteroatoms. The number of hydrogen-bond acceptors (Lipinski definition) is 3. The van der Waals surface area contributed by atoms with Crippen molar-refractivity contribution in [2.75, 3.05) is 6.61 Å². The number of benzene rings is 1. The molecule has 0 saturated heterocycles. The number of aromatic nitrogens is 1. The predicted molar refractivity (Wildman–Crippen MR) is 74.8 cm³/mol. The van der Waals surface area contributed by atoms with Gasteiger partial charge in [-0.1, -0.05) is 0 Å². The third kappa shape index (κ3) is 2.99. The monoisotopic (exact) mass is 255 g/mol. The normalized spacial score (nSPS) is 10.3. The maximum Gasteiger partial charge on any atom is 0.194 e. The number of ether oxygens (including phenoxy) is 1. The molecule has 2 rings (SSSR count). The van der Waals surface area contributed by atoms with Crippen molar-refractivity contribution < 1.29 is 9.53 Å². The van der Waals surface area contributed by atoms with Crippen LogP contribution in [0.3, 0.4) is 0 Å². The molecule has 0 aliphatic heterocycles. The standard InChI is InChI=1S/C16H17NO2/c1-4-19-14-8-6-13(7-9-14)16(18)15-10-5-11(2)17-12(15)3/h5-10H,4H2,1-3H3. The minimum absolute atomic E-state index is 0.00644. The number of aryl methyl sites for hydroxylation is 2. The highest BCUT2D eigenvalue weighted by Crippen LogP contribution is 2.17. The Hall–Kier alpha value is -2.16. The maximum absolute atomic E-state index is 12.4. The SMILES string of the molecule is CCOc1ccc(C(=O)c2ccc(C)nc2C)cc1. The van der Waals surface area contributed by atoms with Crippen LogP contribution in [-0.4, -0.2) is 17.4 Å². The summed E-state index contributed by atoms with van der Waals surface area (Å²) in [6, 6.07) is 10.9. The zero-order valence-electron chi connectivity index (χ0n) is 11.4. The van der Waals surface area contributed by atoms with Crippen LogP contribution in [0.1, 0.15) is 34.2 Å². The van der Waals surface area contributed by atoms with Gasteiger partial charge in [0.15, 0.2) is 5.78 Å². The zero-order valence-corrected chi connectivity index (χ0v) is 11.4. The van der Waals surface area contributed by atoms with Crippen molar-refractivity contribution >= 4 is 5.78 Å². The summed E-state index contributed by atoms with van der Waals surface area (Å²) in [5.41, 5.74) is 2.98. The van der Waals surface area contributed by atoms with Crippen LogP contribution in [-0.2, 0) is 0 Å². The van der Waals surface area contributed by atoms with Crippen molar-refractivity contribution in [3.63, 3.8) is 0 Å². The molecule has 0 spiro atoms. The van der Waals surface area contributed by atoms with E-state index in [4.69, 9.17) is 4.74 Å². The van der Waals surface area contributed by atoms with Crippen LogP contribution in [0, 0.1) is 13.8 Å². The second-order valence-electron chi connectivity index (χ2n) is 4.37. The summed E-state index contributed by atoms with van der Waals surface area (Å²) in [7, 11) is 0. The van der Waals surface area contributed by atoms with Gasteiger partial charge in [0.2, 0.25) is 0 Å². The number of nitrogens with zero attached hydrogens (tertiary/aromatic N) is 1. The average Bonchev–Trinajstić information content (AvgIpc) is 2.39. The highest BCUT2D eigenvalue weighted by molar-refractivity contribution is 6.09. The van der Waals surface area contributed by atoms with E-state index in [0.29, 0.717) is 17.7 Å². The molecule has 0 saturated carbocycles. The minimum atomic E-state index is -0.00644. The van der Waals surface area contributed by atoms with Crippen LogP contribution >= 0.6 is 0 Å². The van der Waals surface area contributed by atoms with Gasteiger partial charge in [0, 0.05) is 22.5 Å². The van der Waals surface area contributed by atoms with Crippen LogP contribution in [0.15, 0.2) is 36.4 Å². The van der Waals surface area contributed by atoms with Gasteiger partial charge in [-0.2, -0.15) is 0 Å². The van der Waals surface area contributed by atoms with Crippen LogP contribution in [0.5, 0.6) is 5.75 Å². The minimum Gasteiger partial charge on any atom is -0.494 e. The number of pyridine rings is 1. The summed E-state index contributed by atoms with van der Waals surface area (Å²) >= 11 is 0. The molecule has 0 fully saturated rings. The quantitative estimate of drug-likeness (QED) is 0.787. The number of ketones is 1. The van der Waals surface area contributed by atoms with E-state index in [9.17, 15) is 4.79 Å². The fourth-order valence-electron chi connectivity index (χ4n) is 1.95. The van der Waals surface area contributed by atoms with E-state index in [1.54, 1.807) is 12.1 Å². The van der Waals surface area contributed by atoms with Crippen molar-refractivity contribution in [3.05, 3.63) is 58.9 Å². The van der Waals surface area contributed by atoms with Crippen molar-refractivity contribution in [3.8, 4) is 5.75 Å². The van der Waals surface area contributed by atoms with E-state index in [-0.39, 0.29) is 5.78 Å². The molecule has 0 aliphatic rings. The molecule has 1 heterocycles. The molecular weight excluding hydrogens is 238 g/mol. The molecule has 1 aromatic carbocycles. The Kier molecular flexibility index (Phi) is 3.95. The van der Waals surface area contributed by atoms with Gasteiger partial charge < -0.3 is 4.74 Å². The molecule has 0 unspecified atom stereocenters. The van der Waals surface area contributed by atoms with E-state index >= 15 is 0 Å². The smallest absolute Gasteiger partial charge is 0.194 e. The average molecular weight is 255 g/mol.